The molecule has 3 N–H and O–H groups in total. The summed E-state index contributed by atoms with van der Waals surface area (Å²) >= 11 is 1.25. The molecule has 122 valence electrons. The third kappa shape index (κ3) is 5.72. The zero-order valence-electron chi connectivity index (χ0n) is 13.3. The summed E-state index contributed by atoms with van der Waals surface area (Å²) in [6, 6.07) is 3.37. The van der Waals surface area contributed by atoms with Gasteiger partial charge < -0.3 is 10.1 Å². The zero-order valence-corrected chi connectivity index (χ0v) is 14.1. The van der Waals surface area contributed by atoms with E-state index in [1.165, 1.54) is 25.2 Å². The Labute approximate surface area is 133 Å². The van der Waals surface area contributed by atoms with Gasteiger partial charge in [0, 0.05) is 0 Å². The standard InChI is InChI=1S/C14H21N3O4S/c1-13(2,3)21-12(20)15-14(4,5)11(19)17-16-10(18)9-7-6-8-22-9/h6-8H,1-5H3,(H,15,20)(H,16,18)(H,17,19). The van der Waals surface area contributed by atoms with Gasteiger partial charge in [-0.25, -0.2) is 4.79 Å². The summed E-state index contributed by atoms with van der Waals surface area (Å²) in [6.07, 6.45) is -0.711. The van der Waals surface area contributed by atoms with Gasteiger partial charge >= 0.3 is 6.09 Å². The number of rotatable bonds is 3. The van der Waals surface area contributed by atoms with Crippen molar-refractivity contribution in [3.05, 3.63) is 22.4 Å². The fraction of sp³-hybridized carbons (Fsp3) is 0.500. The summed E-state index contributed by atoms with van der Waals surface area (Å²) in [7, 11) is 0. The van der Waals surface area contributed by atoms with Gasteiger partial charge in [-0.15, -0.1) is 11.3 Å². The van der Waals surface area contributed by atoms with Crippen LogP contribution in [0, 0.1) is 0 Å². The Morgan fingerprint density at radius 1 is 1.09 bits per heavy atom. The number of alkyl carbamates (subject to hydrolysis) is 1. The van der Waals surface area contributed by atoms with Gasteiger partial charge in [0.1, 0.15) is 11.1 Å². The van der Waals surface area contributed by atoms with E-state index in [9.17, 15) is 14.4 Å². The van der Waals surface area contributed by atoms with Crippen LogP contribution in [-0.2, 0) is 9.53 Å². The number of amides is 3. The Kier molecular flexibility index (Phi) is 5.54. The van der Waals surface area contributed by atoms with Crippen LogP contribution in [0.4, 0.5) is 4.79 Å². The summed E-state index contributed by atoms with van der Waals surface area (Å²) < 4.78 is 5.09. The Morgan fingerprint density at radius 3 is 2.23 bits per heavy atom. The monoisotopic (exact) mass is 327 g/mol. The fourth-order valence-corrected chi connectivity index (χ4v) is 1.97. The Hall–Kier alpha value is -2.09. The lowest BCUT2D eigenvalue weighted by molar-refractivity contribution is -0.127. The van der Waals surface area contributed by atoms with Gasteiger partial charge in [0.25, 0.3) is 11.8 Å². The van der Waals surface area contributed by atoms with Crippen LogP contribution in [0.25, 0.3) is 0 Å². The lowest BCUT2D eigenvalue weighted by atomic mass is 10.1. The molecule has 8 heteroatoms. The first-order valence-corrected chi connectivity index (χ1v) is 7.55. The van der Waals surface area contributed by atoms with Gasteiger partial charge in [0.2, 0.25) is 0 Å². The molecule has 0 radical (unpaired) electrons. The van der Waals surface area contributed by atoms with Gasteiger partial charge in [-0.05, 0) is 46.1 Å². The van der Waals surface area contributed by atoms with E-state index in [1.54, 1.807) is 38.3 Å². The molecule has 0 saturated heterocycles. The molecule has 0 spiro atoms. The topological polar surface area (TPSA) is 96.5 Å². The van der Waals surface area contributed by atoms with Crippen LogP contribution in [0.15, 0.2) is 17.5 Å². The largest absolute Gasteiger partial charge is 0.444 e. The second-order valence-corrected chi connectivity index (χ2v) is 7.09. The van der Waals surface area contributed by atoms with Crippen molar-refractivity contribution in [2.45, 2.75) is 45.8 Å². The van der Waals surface area contributed by atoms with Gasteiger partial charge in [0.05, 0.1) is 4.88 Å². The number of hydrogen-bond acceptors (Lipinski definition) is 5. The van der Waals surface area contributed by atoms with Crippen LogP contribution in [0.3, 0.4) is 0 Å². The minimum absolute atomic E-state index is 0.420. The van der Waals surface area contributed by atoms with Crippen molar-refractivity contribution >= 4 is 29.2 Å². The van der Waals surface area contributed by atoms with E-state index in [0.717, 1.165) is 0 Å². The van der Waals surface area contributed by atoms with Crippen molar-refractivity contribution < 1.29 is 19.1 Å². The minimum Gasteiger partial charge on any atom is -0.444 e. The van der Waals surface area contributed by atoms with Gasteiger partial charge in [-0.2, -0.15) is 0 Å². The molecule has 1 aromatic rings. The van der Waals surface area contributed by atoms with Crippen LogP contribution in [0.5, 0.6) is 0 Å². The molecule has 3 amide bonds. The first kappa shape index (κ1) is 18.0. The highest BCUT2D eigenvalue weighted by Gasteiger charge is 2.31. The van der Waals surface area contributed by atoms with E-state index in [-0.39, 0.29) is 0 Å². The zero-order chi connectivity index (χ0) is 17.0. The van der Waals surface area contributed by atoms with Crippen molar-refractivity contribution in [3.8, 4) is 0 Å². The molecule has 0 unspecified atom stereocenters. The quantitative estimate of drug-likeness (QED) is 0.738. The first-order chi connectivity index (χ1) is 10.0. The summed E-state index contributed by atoms with van der Waals surface area (Å²) in [5.74, 6) is -0.986. The molecule has 0 atom stereocenters. The third-order valence-corrected chi connectivity index (χ3v) is 3.28. The molecular formula is C14H21N3O4S. The Balaban J connectivity index is 2.52. The van der Waals surface area contributed by atoms with Crippen LogP contribution < -0.4 is 16.2 Å². The van der Waals surface area contributed by atoms with Gasteiger partial charge in [-0.3, -0.25) is 20.4 Å². The second-order valence-electron chi connectivity index (χ2n) is 6.14. The third-order valence-electron chi connectivity index (χ3n) is 2.42. The maximum atomic E-state index is 12.0. The van der Waals surface area contributed by atoms with Crippen LogP contribution >= 0.6 is 11.3 Å². The van der Waals surface area contributed by atoms with Crippen LogP contribution in [0.1, 0.15) is 44.3 Å². The number of carbonyl (C=O) groups is 3. The van der Waals surface area contributed by atoms with Crippen molar-refractivity contribution in [1.82, 2.24) is 16.2 Å². The number of carbonyl (C=O) groups excluding carboxylic acids is 3. The highest BCUT2D eigenvalue weighted by atomic mass is 32.1. The summed E-state index contributed by atoms with van der Waals surface area (Å²) in [4.78, 5) is 35.9. The second kappa shape index (κ2) is 6.78. The van der Waals surface area contributed by atoms with Crippen molar-refractivity contribution in [2.24, 2.45) is 0 Å². The number of hydrazine groups is 1. The minimum atomic E-state index is -1.24. The normalized spacial score (nSPS) is 11.5. The first-order valence-electron chi connectivity index (χ1n) is 6.67. The molecule has 0 aliphatic heterocycles. The lowest BCUT2D eigenvalue weighted by Gasteiger charge is -2.27. The van der Waals surface area contributed by atoms with Gasteiger partial charge in [0.15, 0.2) is 0 Å². The Morgan fingerprint density at radius 2 is 1.73 bits per heavy atom. The molecule has 0 aliphatic rings. The molecule has 1 heterocycles. The van der Waals surface area contributed by atoms with Crippen LogP contribution in [0.2, 0.25) is 0 Å². The van der Waals surface area contributed by atoms with Crippen molar-refractivity contribution in [3.63, 3.8) is 0 Å². The molecule has 0 fully saturated rings. The summed E-state index contributed by atoms with van der Waals surface area (Å²) in [6.45, 7) is 8.18. The predicted molar refractivity (Wildman–Crippen MR) is 83.4 cm³/mol. The Bertz CT molecular complexity index is 547. The summed E-state index contributed by atoms with van der Waals surface area (Å²) in [5.41, 5.74) is 2.66. The maximum absolute atomic E-state index is 12.0. The molecule has 0 bridgehead atoms. The smallest absolute Gasteiger partial charge is 0.408 e. The number of ether oxygens (including phenoxy) is 1. The maximum Gasteiger partial charge on any atom is 0.408 e. The molecule has 7 nitrogen and oxygen atoms in total. The van der Waals surface area contributed by atoms with E-state index < -0.39 is 29.0 Å². The lowest BCUT2D eigenvalue weighted by Crippen LogP contribution is -2.58. The number of nitrogens with one attached hydrogen (secondary N) is 3. The highest BCUT2D eigenvalue weighted by molar-refractivity contribution is 7.12. The average Bonchev–Trinajstić information content (AvgIpc) is 2.85. The molecular weight excluding hydrogens is 306 g/mol. The average molecular weight is 327 g/mol. The van der Waals surface area contributed by atoms with E-state index >= 15 is 0 Å². The SMILES string of the molecule is CC(C)(C)OC(=O)NC(C)(C)C(=O)NNC(=O)c1cccs1. The summed E-state index contributed by atoms with van der Waals surface area (Å²) in [5, 5.41) is 4.20. The molecule has 22 heavy (non-hydrogen) atoms. The van der Waals surface area contributed by atoms with Crippen molar-refractivity contribution in [1.29, 1.82) is 0 Å². The molecule has 1 rings (SSSR count). The van der Waals surface area contributed by atoms with E-state index in [4.69, 9.17) is 4.74 Å². The number of thiophene rings is 1. The van der Waals surface area contributed by atoms with E-state index in [2.05, 4.69) is 16.2 Å². The predicted octanol–water partition coefficient (Wildman–Crippen LogP) is 1.81. The van der Waals surface area contributed by atoms with E-state index in [1.807, 2.05) is 0 Å². The van der Waals surface area contributed by atoms with E-state index in [0.29, 0.717) is 4.88 Å². The molecule has 0 aromatic carbocycles. The highest BCUT2D eigenvalue weighted by Crippen LogP contribution is 2.10. The fourth-order valence-electron chi connectivity index (χ4n) is 1.35. The molecule has 1 aromatic heterocycles. The number of hydrogen-bond donors (Lipinski definition) is 3. The van der Waals surface area contributed by atoms with Crippen molar-refractivity contribution in [2.75, 3.05) is 0 Å². The molecule has 0 saturated carbocycles. The van der Waals surface area contributed by atoms with Crippen LogP contribution in [-0.4, -0.2) is 29.0 Å². The van der Waals surface area contributed by atoms with Gasteiger partial charge in [-0.1, -0.05) is 6.07 Å². The molecule has 0 aliphatic carbocycles.